The maximum Gasteiger partial charge on any atom is 0.357 e. The minimum atomic E-state index is -0.534. The second-order valence-electron chi connectivity index (χ2n) is 7.81. The van der Waals surface area contributed by atoms with E-state index in [1.54, 1.807) is 18.6 Å². The van der Waals surface area contributed by atoms with Crippen LogP contribution in [-0.2, 0) is 25.6 Å². The van der Waals surface area contributed by atoms with Crippen LogP contribution in [0.2, 0.25) is 0 Å². The van der Waals surface area contributed by atoms with Gasteiger partial charge in [0.15, 0.2) is 5.69 Å². The fraction of sp³-hybridized carbons (Fsp3) is 0.296. The van der Waals surface area contributed by atoms with Gasteiger partial charge in [0, 0.05) is 31.1 Å². The maximum atomic E-state index is 13.1. The van der Waals surface area contributed by atoms with E-state index in [0.717, 1.165) is 11.1 Å². The van der Waals surface area contributed by atoms with Crippen LogP contribution in [0.25, 0.3) is 11.1 Å². The Labute approximate surface area is 204 Å². The number of benzene rings is 2. The van der Waals surface area contributed by atoms with Crippen molar-refractivity contribution in [3.8, 4) is 16.9 Å². The Morgan fingerprint density at radius 1 is 0.943 bits per heavy atom. The Hall–Kier alpha value is -4.07. The van der Waals surface area contributed by atoms with Gasteiger partial charge in [-0.2, -0.15) is 0 Å². The molecule has 0 aliphatic carbocycles. The molecule has 8 heteroatoms. The quantitative estimate of drug-likeness (QED) is 0.403. The standard InChI is InChI=1S/C27H30N2O6/c1-4-35-27(32)26-25(28-23(30)11-8-12-24(31)34-3)22(20-13-15-21(33-2)16-14-20)18-29(26)17-19-9-6-5-7-10-19/h5-7,9-10,13-16,18H,4,8,11-12,17H2,1-3H3,(H,28,30). The van der Waals surface area contributed by atoms with E-state index in [0.29, 0.717) is 30.0 Å². The van der Waals surface area contributed by atoms with E-state index in [-0.39, 0.29) is 37.0 Å². The second kappa shape index (κ2) is 12.4. The van der Waals surface area contributed by atoms with Crippen molar-refractivity contribution >= 4 is 23.5 Å². The summed E-state index contributed by atoms with van der Waals surface area (Å²) < 4.78 is 17.0. The topological polar surface area (TPSA) is 95.9 Å². The molecule has 0 aliphatic heterocycles. The number of carbonyl (C=O) groups excluding carboxylic acids is 3. The lowest BCUT2D eigenvalue weighted by Crippen LogP contribution is -2.18. The molecule has 0 unspecified atom stereocenters. The van der Waals surface area contributed by atoms with Crippen LogP contribution < -0.4 is 10.1 Å². The molecule has 1 N–H and O–H groups in total. The summed E-state index contributed by atoms with van der Waals surface area (Å²) in [5, 5.41) is 2.90. The molecule has 184 valence electrons. The third-order valence-electron chi connectivity index (χ3n) is 5.42. The number of hydrogen-bond donors (Lipinski definition) is 1. The zero-order valence-corrected chi connectivity index (χ0v) is 20.2. The first kappa shape index (κ1) is 25.6. The molecule has 2 aromatic carbocycles. The van der Waals surface area contributed by atoms with E-state index >= 15 is 0 Å². The first-order valence-corrected chi connectivity index (χ1v) is 11.4. The van der Waals surface area contributed by atoms with Crippen molar-refractivity contribution in [1.82, 2.24) is 4.57 Å². The first-order valence-electron chi connectivity index (χ1n) is 11.4. The number of ether oxygens (including phenoxy) is 3. The molecular weight excluding hydrogens is 448 g/mol. The van der Waals surface area contributed by atoms with E-state index < -0.39 is 5.97 Å². The largest absolute Gasteiger partial charge is 0.497 e. The molecule has 0 bridgehead atoms. The third-order valence-corrected chi connectivity index (χ3v) is 5.42. The van der Waals surface area contributed by atoms with Gasteiger partial charge in [-0.15, -0.1) is 0 Å². The predicted octanol–water partition coefficient (Wildman–Crippen LogP) is 4.67. The molecule has 1 amide bonds. The molecule has 0 aliphatic rings. The molecule has 1 heterocycles. The van der Waals surface area contributed by atoms with E-state index in [9.17, 15) is 14.4 Å². The van der Waals surface area contributed by atoms with Gasteiger partial charge in [0.2, 0.25) is 5.91 Å². The average Bonchev–Trinajstić information content (AvgIpc) is 3.22. The maximum absolute atomic E-state index is 13.1. The van der Waals surface area contributed by atoms with E-state index in [4.69, 9.17) is 9.47 Å². The van der Waals surface area contributed by atoms with Crippen LogP contribution in [0.4, 0.5) is 5.69 Å². The molecule has 8 nitrogen and oxygen atoms in total. The lowest BCUT2D eigenvalue weighted by molar-refractivity contribution is -0.140. The summed E-state index contributed by atoms with van der Waals surface area (Å²) in [6, 6.07) is 17.1. The second-order valence-corrected chi connectivity index (χ2v) is 7.81. The number of amides is 1. The van der Waals surface area contributed by atoms with Gasteiger partial charge in [0.1, 0.15) is 5.75 Å². The van der Waals surface area contributed by atoms with Crippen molar-refractivity contribution in [1.29, 1.82) is 0 Å². The SMILES string of the molecule is CCOC(=O)c1c(NC(=O)CCCC(=O)OC)c(-c2ccc(OC)cc2)cn1Cc1ccccc1. The van der Waals surface area contributed by atoms with Gasteiger partial charge in [-0.05, 0) is 36.6 Å². The molecular formula is C27H30N2O6. The molecule has 3 aromatic rings. The summed E-state index contributed by atoms with van der Waals surface area (Å²) in [6.45, 7) is 2.34. The molecule has 0 radical (unpaired) electrons. The van der Waals surface area contributed by atoms with Crippen molar-refractivity contribution in [2.75, 3.05) is 26.1 Å². The number of methoxy groups -OCH3 is 2. The van der Waals surface area contributed by atoms with Crippen LogP contribution in [-0.4, -0.2) is 43.2 Å². The van der Waals surface area contributed by atoms with Crippen molar-refractivity contribution in [2.45, 2.75) is 32.7 Å². The van der Waals surface area contributed by atoms with Gasteiger partial charge in [0.05, 0.1) is 26.5 Å². The molecule has 0 saturated carbocycles. The zero-order valence-electron chi connectivity index (χ0n) is 20.2. The minimum absolute atomic E-state index is 0.100. The molecule has 0 atom stereocenters. The van der Waals surface area contributed by atoms with Gasteiger partial charge < -0.3 is 24.1 Å². The van der Waals surface area contributed by atoms with Crippen LogP contribution >= 0.6 is 0 Å². The number of nitrogens with one attached hydrogen (secondary N) is 1. The van der Waals surface area contributed by atoms with E-state index in [2.05, 4.69) is 10.1 Å². The fourth-order valence-electron chi connectivity index (χ4n) is 3.69. The normalized spacial score (nSPS) is 10.5. The Bertz CT molecular complexity index is 1150. The highest BCUT2D eigenvalue weighted by Gasteiger charge is 2.25. The number of aromatic nitrogens is 1. The number of hydrogen-bond acceptors (Lipinski definition) is 6. The highest BCUT2D eigenvalue weighted by Crippen LogP contribution is 2.35. The summed E-state index contributed by atoms with van der Waals surface area (Å²) in [5.41, 5.74) is 3.08. The Kier molecular flexibility index (Phi) is 9.06. The molecule has 1 aromatic heterocycles. The molecule has 35 heavy (non-hydrogen) atoms. The number of esters is 2. The summed E-state index contributed by atoms with van der Waals surface area (Å²) in [6.07, 6.45) is 2.40. The highest BCUT2D eigenvalue weighted by atomic mass is 16.5. The monoisotopic (exact) mass is 478 g/mol. The lowest BCUT2D eigenvalue weighted by atomic mass is 10.1. The third kappa shape index (κ3) is 6.72. The van der Waals surface area contributed by atoms with Gasteiger partial charge in [-0.3, -0.25) is 9.59 Å². The Morgan fingerprint density at radius 2 is 1.66 bits per heavy atom. The van der Waals surface area contributed by atoms with Gasteiger partial charge in [-0.25, -0.2) is 4.79 Å². The van der Waals surface area contributed by atoms with Crippen LogP contribution in [0.3, 0.4) is 0 Å². The van der Waals surface area contributed by atoms with Crippen LogP contribution in [0.15, 0.2) is 60.8 Å². The summed E-state index contributed by atoms with van der Waals surface area (Å²) in [4.78, 5) is 37.3. The zero-order chi connectivity index (χ0) is 25.2. The van der Waals surface area contributed by atoms with Crippen LogP contribution in [0.5, 0.6) is 5.75 Å². The highest BCUT2D eigenvalue weighted by molar-refractivity contribution is 6.05. The van der Waals surface area contributed by atoms with E-state index in [1.807, 2.05) is 60.8 Å². The molecule has 3 rings (SSSR count). The minimum Gasteiger partial charge on any atom is -0.497 e. The van der Waals surface area contributed by atoms with Gasteiger partial charge in [0.25, 0.3) is 0 Å². The Morgan fingerprint density at radius 3 is 2.29 bits per heavy atom. The summed E-state index contributed by atoms with van der Waals surface area (Å²) >= 11 is 0. The smallest absolute Gasteiger partial charge is 0.357 e. The fourth-order valence-corrected chi connectivity index (χ4v) is 3.69. The van der Waals surface area contributed by atoms with Gasteiger partial charge in [-0.1, -0.05) is 42.5 Å². The van der Waals surface area contributed by atoms with Crippen molar-refractivity contribution in [3.05, 3.63) is 72.1 Å². The molecule has 0 spiro atoms. The average molecular weight is 479 g/mol. The number of anilines is 1. The number of rotatable bonds is 11. The van der Waals surface area contributed by atoms with E-state index in [1.165, 1.54) is 7.11 Å². The number of nitrogens with zero attached hydrogens (tertiary/aromatic N) is 1. The lowest BCUT2D eigenvalue weighted by Gasteiger charge is -2.12. The summed E-state index contributed by atoms with van der Waals surface area (Å²) in [5.74, 6) is -0.533. The summed E-state index contributed by atoms with van der Waals surface area (Å²) in [7, 11) is 2.90. The number of carbonyl (C=O) groups is 3. The van der Waals surface area contributed by atoms with Crippen molar-refractivity contribution < 1.29 is 28.6 Å². The first-order chi connectivity index (χ1) is 17.0. The predicted molar refractivity (Wildman–Crippen MR) is 132 cm³/mol. The molecule has 0 fully saturated rings. The van der Waals surface area contributed by atoms with Crippen LogP contribution in [0.1, 0.15) is 42.2 Å². The molecule has 0 saturated heterocycles. The van der Waals surface area contributed by atoms with Gasteiger partial charge >= 0.3 is 11.9 Å². The Balaban J connectivity index is 2.03. The van der Waals surface area contributed by atoms with Crippen molar-refractivity contribution in [3.63, 3.8) is 0 Å². The van der Waals surface area contributed by atoms with Crippen LogP contribution in [0, 0.1) is 0 Å². The van der Waals surface area contributed by atoms with Crippen molar-refractivity contribution in [2.24, 2.45) is 0 Å².